The van der Waals surface area contributed by atoms with Gasteiger partial charge in [-0.15, -0.1) is 0 Å². The van der Waals surface area contributed by atoms with Crippen LogP contribution in [0.4, 0.5) is 0 Å². The monoisotopic (exact) mass is 556 g/mol. The second-order valence-corrected chi connectivity index (χ2v) is 10.6. The normalized spacial score (nSPS) is 17.2. The van der Waals surface area contributed by atoms with E-state index in [1.807, 2.05) is 36.6 Å². The second kappa shape index (κ2) is 14.5. The number of phenolic OH excluding ortho intramolecular Hbond substituents is 1. The predicted octanol–water partition coefficient (Wildman–Crippen LogP) is 1.30. The number of nitrogens with two attached hydrogens (primary N) is 1. The Bertz CT molecular complexity index is 1130. The average Bonchev–Trinajstić information content (AvgIpc) is 3.42. The molecule has 1 heterocycles. The SMILES string of the molecule is CSCCC(NC(=O)C(Cc1ccc(O)cc1)NC(=O)C(N)Cc1ccccc1)C(=O)N1CCCC1C(=O)O. The molecule has 0 spiro atoms. The topological polar surface area (TPSA) is 162 Å². The van der Waals surface area contributed by atoms with E-state index in [1.165, 1.54) is 28.8 Å². The van der Waals surface area contributed by atoms with Crippen LogP contribution in [0.3, 0.4) is 0 Å². The fourth-order valence-electron chi connectivity index (χ4n) is 4.57. The average molecular weight is 557 g/mol. The lowest BCUT2D eigenvalue weighted by Gasteiger charge is -2.29. The van der Waals surface area contributed by atoms with E-state index in [2.05, 4.69) is 10.6 Å². The number of aliphatic carboxylic acids is 1. The molecule has 4 atom stereocenters. The lowest BCUT2D eigenvalue weighted by molar-refractivity contribution is -0.149. The third-order valence-electron chi connectivity index (χ3n) is 6.69. The first-order chi connectivity index (χ1) is 18.7. The fraction of sp³-hybridized carbons (Fsp3) is 0.429. The van der Waals surface area contributed by atoms with E-state index in [0.717, 1.165) is 5.56 Å². The maximum atomic E-state index is 13.5. The van der Waals surface area contributed by atoms with Crippen molar-refractivity contribution in [3.8, 4) is 5.75 Å². The highest BCUT2D eigenvalue weighted by Crippen LogP contribution is 2.20. The number of aromatic hydroxyl groups is 1. The molecule has 1 saturated heterocycles. The van der Waals surface area contributed by atoms with Gasteiger partial charge in [-0.1, -0.05) is 42.5 Å². The molecule has 1 aliphatic rings. The maximum Gasteiger partial charge on any atom is 0.326 e. The summed E-state index contributed by atoms with van der Waals surface area (Å²) in [5.41, 5.74) is 7.72. The zero-order chi connectivity index (χ0) is 28.4. The van der Waals surface area contributed by atoms with Gasteiger partial charge in [0.15, 0.2) is 0 Å². The molecule has 2 aromatic rings. The van der Waals surface area contributed by atoms with E-state index in [1.54, 1.807) is 12.1 Å². The van der Waals surface area contributed by atoms with E-state index < -0.39 is 47.9 Å². The van der Waals surface area contributed by atoms with Crippen LogP contribution in [-0.4, -0.2) is 81.5 Å². The van der Waals surface area contributed by atoms with Crippen molar-refractivity contribution in [2.75, 3.05) is 18.6 Å². The van der Waals surface area contributed by atoms with Gasteiger partial charge in [0.25, 0.3) is 0 Å². The molecule has 0 bridgehead atoms. The number of benzene rings is 2. The summed E-state index contributed by atoms with van der Waals surface area (Å²) >= 11 is 1.50. The summed E-state index contributed by atoms with van der Waals surface area (Å²) in [7, 11) is 0. The van der Waals surface area contributed by atoms with Crippen molar-refractivity contribution in [2.45, 2.75) is 56.3 Å². The Balaban J connectivity index is 1.78. The van der Waals surface area contributed by atoms with Crippen molar-refractivity contribution >= 4 is 35.5 Å². The molecule has 0 saturated carbocycles. The zero-order valence-electron chi connectivity index (χ0n) is 21.9. The number of hydrogen-bond donors (Lipinski definition) is 5. The highest BCUT2D eigenvalue weighted by Gasteiger charge is 2.38. The number of amides is 3. The maximum absolute atomic E-state index is 13.5. The number of carboxylic acid groups (broad SMARTS) is 1. The van der Waals surface area contributed by atoms with Gasteiger partial charge < -0.3 is 31.5 Å². The summed E-state index contributed by atoms with van der Waals surface area (Å²) in [6.45, 7) is 0.309. The predicted molar refractivity (Wildman–Crippen MR) is 149 cm³/mol. The second-order valence-electron chi connectivity index (χ2n) is 9.60. The van der Waals surface area contributed by atoms with Crippen molar-refractivity contribution in [1.82, 2.24) is 15.5 Å². The van der Waals surface area contributed by atoms with E-state index in [-0.39, 0.29) is 18.6 Å². The highest BCUT2D eigenvalue weighted by molar-refractivity contribution is 7.98. The summed E-state index contributed by atoms with van der Waals surface area (Å²) in [6, 6.07) is 11.7. The number of nitrogens with one attached hydrogen (secondary N) is 2. The fourth-order valence-corrected chi connectivity index (χ4v) is 5.04. The summed E-state index contributed by atoms with van der Waals surface area (Å²) in [5, 5.41) is 24.7. The van der Waals surface area contributed by atoms with Gasteiger partial charge >= 0.3 is 5.97 Å². The Hall–Kier alpha value is -3.57. The van der Waals surface area contributed by atoms with Crippen LogP contribution >= 0.6 is 11.8 Å². The minimum atomic E-state index is -1.07. The van der Waals surface area contributed by atoms with Crippen LogP contribution in [0.2, 0.25) is 0 Å². The van der Waals surface area contributed by atoms with Crippen molar-refractivity contribution in [1.29, 1.82) is 0 Å². The van der Waals surface area contributed by atoms with E-state index in [9.17, 15) is 29.4 Å². The van der Waals surface area contributed by atoms with Crippen molar-refractivity contribution in [3.63, 3.8) is 0 Å². The van der Waals surface area contributed by atoms with Gasteiger partial charge in [-0.25, -0.2) is 4.79 Å². The molecule has 1 fully saturated rings. The summed E-state index contributed by atoms with van der Waals surface area (Å²) in [4.78, 5) is 52.9. The molecular formula is C28H36N4O6S. The lowest BCUT2D eigenvalue weighted by Crippen LogP contribution is -2.58. The number of carboxylic acids is 1. The molecule has 210 valence electrons. The van der Waals surface area contributed by atoms with Crippen LogP contribution in [0, 0.1) is 0 Å². The number of hydrogen-bond acceptors (Lipinski definition) is 7. The van der Waals surface area contributed by atoms with Gasteiger partial charge in [0.1, 0.15) is 23.9 Å². The molecule has 10 nitrogen and oxygen atoms in total. The number of likely N-dealkylation sites (tertiary alicyclic amines) is 1. The van der Waals surface area contributed by atoms with Crippen molar-refractivity contribution in [3.05, 3.63) is 65.7 Å². The van der Waals surface area contributed by atoms with Crippen LogP contribution in [0.25, 0.3) is 0 Å². The van der Waals surface area contributed by atoms with Gasteiger partial charge in [0, 0.05) is 13.0 Å². The van der Waals surface area contributed by atoms with Crippen LogP contribution in [-0.2, 0) is 32.0 Å². The van der Waals surface area contributed by atoms with E-state index in [4.69, 9.17) is 5.73 Å². The Labute approximate surface area is 232 Å². The summed E-state index contributed by atoms with van der Waals surface area (Å²) in [5.74, 6) is -1.98. The number of nitrogens with zero attached hydrogens (tertiary/aromatic N) is 1. The van der Waals surface area contributed by atoms with Crippen LogP contribution in [0.1, 0.15) is 30.4 Å². The Morgan fingerprint density at radius 3 is 2.26 bits per heavy atom. The molecule has 39 heavy (non-hydrogen) atoms. The van der Waals surface area contributed by atoms with Gasteiger partial charge in [-0.3, -0.25) is 14.4 Å². The first-order valence-electron chi connectivity index (χ1n) is 12.9. The molecule has 4 unspecified atom stereocenters. The third-order valence-corrected chi connectivity index (χ3v) is 7.33. The molecule has 0 radical (unpaired) electrons. The van der Waals surface area contributed by atoms with Crippen molar-refractivity contribution in [2.24, 2.45) is 5.73 Å². The molecule has 11 heteroatoms. The van der Waals surface area contributed by atoms with Crippen molar-refractivity contribution < 1.29 is 29.4 Å². The minimum Gasteiger partial charge on any atom is -0.508 e. The Morgan fingerprint density at radius 1 is 0.974 bits per heavy atom. The largest absolute Gasteiger partial charge is 0.508 e. The zero-order valence-corrected chi connectivity index (χ0v) is 22.7. The first kappa shape index (κ1) is 30.0. The van der Waals surface area contributed by atoms with Gasteiger partial charge in [-0.05, 0) is 61.0 Å². The first-order valence-corrected chi connectivity index (χ1v) is 14.3. The molecule has 2 aromatic carbocycles. The van der Waals surface area contributed by atoms with E-state index in [0.29, 0.717) is 37.1 Å². The quantitative estimate of drug-likeness (QED) is 0.247. The smallest absolute Gasteiger partial charge is 0.326 e. The number of rotatable bonds is 13. The molecule has 3 amide bonds. The molecular weight excluding hydrogens is 520 g/mol. The highest BCUT2D eigenvalue weighted by atomic mass is 32.2. The van der Waals surface area contributed by atoms with E-state index >= 15 is 0 Å². The Morgan fingerprint density at radius 2 is 1.62 bits per heavy atom. The molecule has 1 aliphatic heterocycles. The molecule has 3 rings (SSSR count). The van der Waals surface area contributed by atoms with Crippen LogP contribution < -0.4 is 16.4 Å². The summed E-state index contributed by atoms with van der Waals surface area (Å²) in [6.07, 6.45) is 3.50. The number of phenols is 1. The van der Waals surface area contributed by atoms with Gasteiger partial charge in [0.2, 0.25) is 17.7 Å². The summed E-state index contributed by atoms with van der Waals surface area (Å²) < 4.78 is 0. The minimum absolute atomic E-state index is 0.0648. The lowest BCUT2D eigenvalue weighted by atomic mass is 10.0. The number of carbonyl (C=O) groups is 4. The van der Waals surface area contributed by atoms with Crippen LogP contribution in [0.5, 0.6) is 5.75 Å². The molecule has 6 N–H and O–H groups in total. The number of carbonyl (C=O) groups excluding carboxylic acids is 3. The molecule has 0 aliphatic carbocycles. The van der Waals surface area contributed by atoms with Gasteiger partial charge in [-0.2, -0.15) is 11.8 Å². The number of thioether (sulfide) groups is 1. The Kier molecular flexibility index (Phi) is 11.2. The standard InChI is InChI=1S/C28H36N4O6S/c1-39-15-13-22(27(36)32-14-5-8-24(32)28(37)38)30-26(35)23(17-19-9-11-20(33)12-10-19)31-25(34)21(29)16-18-6-3-2-4-7-18/h2-4,6-7,9-12,21-24,33H,5,8,13-17,29H2,1H3,(H,30,35)(H,31,34)(H,37,38). The van der Waals surface area contributed by atoms with Crippen LogP contribution in [0.15, 0.2) is 54.6 Å². The molecule has 0 aromatic heterocycles. The third kappa shape index (κ3) is 8.72. The van der Waals surface area contributed by atoms with Gasteiger partial charge in [0.05, 0.1) is 6.04 Å².